The number of ether oxygens (including phenoxy) is 1. The normalized spacial score (nSPS) is 18.0. The third-order valence-corrected chi connectivity index (χ3v) is 6.48. The molecule has 4 rings (SSSR count). The van der Waals surface area contributed by atoms with Crippen molar-refractivity contribution in [2.24, 2.45) is 5.92 Å². The van der Waals surface area contributed by atoms with Crippen molar-refractivity contribution >= 4 is 11.6 Å². The van der Waals surface area contributed by atoms with Gasteiger partial charge < -0.3 is 24.7 Å². The molecule has 2 N–H and O–H groups in total. The predicted octanol–water partition coefficient (Wildman–Crippen LogP) is 3.06. The van der Waals surface area contributed by atoms with Crippen LogP contribution in [0.25, 0.3) is 0 Å². The zero-order chi connectivity index (χ0) is 22.5. The molecule has 0 aliphatic carbocycles. The average molecular weight is 440 g/mol. The number of phenolic OH excluding ortho intramolecular Hbond substituents is 2. The highest BCUT2D eigenvalue weighted by atomic mass is 16.5. The van der Waals surface area contributed by atoms with Gasteiger partial charge in [0.2, 0.25) is 5.91 Å². The van der Waals surface area contributed by atoms with Gasteiger partial charge in [0.15, 0.2) is 11.5 Å². The second kappa shape index (κ2) is 10.1. The van der Waals surface area contributed by atoms with Gasteiger partial charge in [-0.3, -0.25) is 9.69 Å². The minimum Gasteiger partial charge on any atom is -0.504 e. The van der Waals surface area contributed by atoms with Crippen molar-refractivity contribution < 1.29 is 19.7 Å². The van der Waals surface area contributed by atoms with E-state index in [9.17, 15) is 15.0 Å². The van der Waals surface area contributed by atoms with Gasteiger partial charge in [-0.05, 0) is 62.7 Å². The molecule has 2 heterocycles. The van der Waals surface area contributed by atoms with Gasteiger partial charge in [0.05, 0.1) is 12.3 Å². The standard InChI is InChI=1S/C25H33N3O4/c1-2-32-24-6-4-3-5-21(24)27-13-15-28(16-14-27)25(31)20-9-11-26(12-10-20)18-19-7-8-22(29)23(30)17-19/h3-8,17,20,29-30H,2,9-16,18H2,1H3. The van der Waals surface area contributed by atoms with Crippen LogP contribution in [0.2, 0.25) is 0 Å². The molecule has 2 aliphatic rings. The molecule has 1 amide bonds. The minimum atomic E-state index is -0.0977. The molecule has 32 heavy (non-hydrogen) atoms. The van der Waals surface area contributed by atoms with E-state index in [1.54, 1.807) is 6.07 Å². The van der Waals surface area contributed by atoms with Crippen molar-refractivity contribution in [3.63, 3.8) is 0 Å². The maximum atomic E-state index is 13.1. The van der Waals surface area contributed by atoms with Crippen molar-refractivity contribution in [2.75, 3.05) is 50.8 Å². The molecule has 2 saturated heterocycles. The monoisotopic (exact) mass is 439 g/mol. The van der Waals surface area contributed by atoms with E-state index in [1.807, 2.05) is 36.1 Å². The zero-order valence-electron chi connectivity index (χ0n) is 18.7. The van der Waals surface area contributed by atoms with E-state index < -0.39 is 0 Å². The summed E-state index contributed by atoms with van der Waals surface area (Å²) in [7, 11) is 0. The molecule has 172 valence electrons. The van der Waals surface area contributed by atoms with E-state index in [1.165, 1.54) is 6.07 Å². The van der Waals surface area contributed by atoms with Crippen LogP contribution in [0, 0.1) is 5.92 Å². The number of benzene rings is 2. The molecule has 0 radical (unpaired) electrons. The molecule has 7 heteroatoms. The smallest absolute Gasteiger partial charge is 0.225 e. The number of para-hydroxylation sites is 2. The van der Waals surface area contributed by atoms with Crippen LogP contribution in [0.1, 0.15) is 25.3 Å². The number of nitrogens with zero attached hydrogens (tertiary/aromatic N) is 3. The lowest BCUT2D eigenvalue weighted by Gasteiger charge is -2.39. The Bertz CT molecular complexity index is 919. The van der Waals surface area contributed by atoms with Crippen LogP contribution < -0.4 is 9.64 Å². The van der Waals surface area contributed by atoms with Gasteiger partial charge in [-0.25, -0.2) is 0 Å². The first-order valence-electron chi connectivity index (χ1n) is 11.5. The Kier molecular flexibility index (Phi) is 7.05. The lowest BCUT2D eigenvalue weighted by Crippen LogP contribution is -2.51. The van der Waals surface area contributed by atoms with Crippen molar-refractivity contribution in [2.45, 2.75) is 26.3 Å². The molecule has 0 aromatic heterocycles. The van der Waals surface area contributed by atoms with E-state index in [2.05, 4.69) is 15.9 Å². The Balaban J connectivity index is 1.26. The van der Waals surface area contributed by atoms with Crippen molar-refractivity contribution in [1.29, 1.82) is 0 Å². The first-order chi connectivity index (χ1) is 15.5. The number of amides is 1. The number of likely N-dealkylation sites (tertiary alicyclic amines) is 1. The number of piperidine rings is 1. The highest BCUT2D eigenvalue weighted by molar-refractivity contribution is 5.79. The highest BCUT2D eigenvalue weighted by Gasteiger charge is 2.31. The summed E-state index contributed by atoms with van der Waals surface area (Å²) in [6, 6.07) is 13.1. The third-order valence-electron chi connectivity index (χ3n) is 6.48. The quantitative estimate of drug-likeness (QED) is 0.674. The van der Waals surface area contributed by atoms with Crippen LogP contribution in [-0.4, -0.2) is 71.8 Å². The molecule has 2 aromatic rings. The van der Waals surface area contributed by atoms with Crippen LogP contribution in [-0.2, 0) is 11.3 Å². The molecule has 0 atom stereocenters. The summed E-state index contributed by atoms with van der Waals surface area (Å²) < 4.78 is 5.77. The maximum Gasteiger partial charge on any atom is 0.225 e. The Labute approximate surface area is 189 Å². The molecular formula is C25H33N3O4. The third kappa shape index (κ3) is 5.10. The molecule has 0 saturated carbocycles. The van der Waals surface area contributed by atoms with Crippen LogP contribution in [0.15, 0.2) is 42.5 Å². The van der Waals surface area contributed by atoms with Gasteiger partial charge in [0.1, 0.15) is 5.75 Å². The van der Waals surface area contributed by atoms with Gasteiger partial charge in [-0.15, -0.1) is 0 Å². The summed E-state index contributed by atoms with van der Waals surface area (Å²) >= 11 is 0. The summed E-state index contributed by atoms with van der Waals surface area (Å²) in [5.74, 6) is 1.09. The Morgan fingerprint density at radius 2 is 1.69 bits per heavy atom. The second-order valence-corrected chi connectivity index (χ2v) is 8.59. The van der Waals surface area contributed by atoms with Crippen molar-refractivity contribution in [3.8, 4) is 17.2 Å². The largest absolute Gasteiger partial charge is 0.504 e. The molecule has 0 bridgehead atoms. The van der Waals surface area contributed by atoms with Crippen molar-refractivity contribution in [3.05, 3.63) is 48.0 Å². The van der Waals surface area contributed by atoms with E-state index in [4.69, 9.17) is 4.74 Å². The van der Waals surface area contributed by atoms with Gasteiger partial charge in [0, 0.05) is 38.6 Å². The second-order valence-electron chi connectivity index (χ2n) is 8.59. The fourth-order valence-corrected chi connectivity index (χ4v) is 4.69. The number of aromatic hydroxyl groups is 2. The first kappa shape index (κ1) is 22.3. The SMILES string of the molecule is CCOc1ccccc1N1CCN(C(=O)C2CCN(Cc3ccc(O)c(O)c3)CC2)CC1. The Hall–Kier alpha value is -2.93. The highest BCUT2D eigenvalue weighted by Crippen LogP contribution is 2.30. The fourth-order valence-electron chi connectivity index (χ4n) is 4.69. The Morgan fingerprint density at radius 1 is 0.969 bits per heavy atom. The molecule has 0 unspecified atom stereocenters. The van der Waals surface area contributed by atoms with E-state index in [-0.39, 0.29) is 23.3 Å². The summed E-state index contributed by atoms with van der Waals surface area (Å²) in [4.78, 5) is 19.8. The topological polar surface area (TPSA) is 76.5 Å². The number of anilines is 1. The lowest BCUT2D eigenvalue weighted by atomic mass is 9.94. The molecule has 7 nitrogen and oxygen atoms in total. The van der Waals surface area contributed by atoms with Gasteiger partial charge in [-0.2, -0.15) is 0 Å². The summed E-state index contributed by atoms with van der Waals surface area (Å²) in [6.07, 6.45) is 1.71. The molecular weight excluding hydrogens is 406 g/mol. The average Bonchev–Trinajstić information content (AvgIpc) is 2.82. The van der Waals surface area contributed by atoms with Crippen LogP contribution in [0.3, 0.4) is 0 Å². The molecule has 0 spiro atoms. The number of piperazine rings is 1. The minimum absolute atomic E-state index is 0.0849. The molecule has 2 aromatic carbocycles. The lowest BCUT2D eigenvalue weighted by molar-refractivity contribution is -0.137. The summed E-state index contributed by atoms with van der Waals surface area (Å²) in [5, 5.41) is 19.2. The molecule has 2 aliphatic heterocycles. The maximum absolute atomic E-state index is 13.1. The van der Waals surface area contributed by atoms with Crippen LogP contribution >= 0.6 is 0 Å². The number of carbonyl (C=O) groups is 1. The molecule has 2 fully saturated rings. The van der Waals surface area contributed by atoms with Gasteiger partial charge >= 0.3 is 0 Å². The fraction of sp³-hybridized carbons (Fsp3) is 0.480. The van der Waals surface area contributed by atoms with Crippen molar-refractivity contribution in [1.82, 2.24) is 9.80 Å². The van der Waals surface area contributed by atoms with Gasteiger partial charge in [-0.1, -0.05) is 18.2 Å². The predicted molar refractivity (Wildman–Crippen MR) is 124 cm³/mol. The summed E-state index contributed by atoms with van der Waals surface area (Å²) in [6.45, 7) is 8.19. The van der Waals surface area contributed by atoms with E-state index >= 15 is 0 Å². The number of hydrogen-bond donors (Lipinski definition) is 2. The first-order valence-corrected chi connectivity index (χ1v) is 11.5. The van der Waals surface area contributed by atoms with E-state index in [0.29, 0.717) is 13.2 Å². The zero-order valence-corrected chi connectivity index (χ0v) is 18.7. The number of carbonyl (C=O) groups excluding carboxylic acids is 1. The summed E-state index contributed by atoms with van der Waals surface area (Å²) in [5.41, 5.74) is 2.07. The Morgan fingerprint density at radius 3 is 2.38 bits per heavy atom. The number of phenols is 2. The van der Waals surface area contributed by atoms with Gasteiger partial charge in [0.25, 0.3) is 0 Å². The van der Waals surface area contributed by atoms with Crippen LogP contribution in [0.5, 0.6) is 17.2 Å². The van der Waals surface area contributed by atoms with E-state index in [0.717, 1.165) is 69.1 Å². The number of hydrogen-bond acceptors (Lipinski definition) is 6. The number of rotatable bonds is 6. The van der Waals surface area contributed by atoms with Crippen LogP contribution in [0.4, 0.5) is 5.69 Å².